The molecule has 0 unspecified atom stereocenters. The van der Waals surface area contributed by atoms with Gasteiger partial charge in [-0.15, -0.1) is 0 Å². The van der Waals surface area contributed by atoms with Gasteiger partial charge in [-0.2, -0.15) is 0 Å². The SMILES string of the molecule is COc1ccc(F)c(-c2ccc(CC(C)C)cc2C2=CCOCC2)c1. The van der Waals surface area contributed by atoms with Gasteiger partial charge in [0.25, 0.3) is 0 Å². The first kappa shape index (κ1) is 17.7. The molecule has 1 aliphatic rings. The van der Waals surface area contributed by atoms with Gasteiger partial charge in [-0.25, -0.2) is 4.39 Å². The molecule has 0 amide bonds. The van der Waals surface area contributed by atoms with E-state index in [-0.39, 0.29) is 5.82 Å². The van der Waals surface area contributed by atoms with Gasteiger partial charge < -0.3 is 9.47 Å². The lowest BCUT2D eigenvalue weighted by molar-refractivity contribution is 0.161. The van der Waals surface area contributed by atoms with Gasteiger partial charge in [-0.3, -0.25) is 0 Å². The minimum absolute atomic E-state index is 0.230. The van der Waals surface area contributed by atoms with E-state index in [0.29, 0.717) is 30.4 Å². The maximum Gasteiger partial charge on any atom is 0.131 e. The van der Waals surface area contributed by atoms with Gasteiger partial charge in [0, 0.05) is 5.56 Å². The zero-order chi connectivity index (χ0) is 17.8. The predicted molar refractivity (Wildman–Crippen MR) is 100 cm³/mol. The first-order valence-electron chi connectivity index (χ1n) is 8.82. The Bertz CT molecular complexity index is 778. The maximum atomic E-state index is 14.5. The van der Waals surface area contributed by atoms with Crippen LogP contribution in [0.1, 0.15) is 31.4 Å². The average Bonchev–Trinajstić information content (AvgIpc) is 2.62. The van der Waals surface area contributed by atoms with Crippen LogP contribution >= 0.6 is 0 Å². The van der Waals surface area contributed by atoms with Crippen molar-refractivity contribution >= 4 is 5.57 Å². The van der Waals surface area contributed by atoms with E-state index in [4.69, 9.17) is 9.47 Å². The Morgan fingerprint density at radius 1 is 1.08 bits per heavy atom. The van der Waals surface area contributed by atoms with E-state index in [9.17, 15) is 4.39 Å². The molecule has 2 aromatic carbocycles. The Labute approximate surface area is 149 Å². The topological polar surface area (TPSA) is 18.5 Å². The van der Waals surface area contributed by atoms with E-state index in [2.05, 4.69) is 32.1 Å². The number of hydrogen-bond donors (Lipinski definition) is 0. The molecule has 3 rings (SSSR count). The summed E-state index contributed by atoms with van der Waals surface area (Å²) in [6.07, 6.45) is 3.97. The molecule has 0 N–H and O–H groups in total. The van der Waals surface area contributed by atoms with Crippen LogP contribution in [0.3, 0.4) is 0 Å². The molecule has 0 saturated carbocycles. The van der Waals surface area contributed by atoms with Crippen molar-refractivity contribution in [2.24, 2.45) is 5.92 Å². The quantitative estimate of drug-likeness (QED) is 0.715. The van der Waals surface area contributed by atoms with Crippen molar-refractivity contribution in [3.8, 4) is 16.9 Å². The van der Waals surface area contributed by atoms with Gasteiger partial charge in [0.2, 0.25) is 0 Å². The van der Waals surface area contributed by atoms with Crippen LogP contribution in [0.4, 0.5) is 4.39 Å². The summed E-state index contributed by atoms with van der Waals surface area (Å²) in [5, 5.41) is 0. The molecular formula is C22H25FO2. The third-order valence-electron chi connectivity index (χ3n) is 4.50. The zero-order valence-electron chi connectivity index (χ0n) is 15.1. The van der Waals surface area contributed by atoms with Crippen molar-refractivity contribution in [1.29, 1.82) is 0 Å². The van der Waals surface area contributed by atoms with Gasteiger partial charge >= 0.3 is 0 Å². The van der Waals surface area contributed by atoms with Crippen LogP contribution in [0.15, 0.2) is 42.5 Å². The second-order valence-electron chi connectivity index (χ2n) is 6.88. The first-order valence-corrected chi connectivity index (χ1v) is 8.82. The summed E-state index contributed by atoms with van der Waals surface area (Å²) in [6, 6.07) is 11.3. The molecule has 0 radical (unpaired) electrons. The zero-order valence-corrected chi connectivity index (χ0v) is 15.1. The molecule has 0 bridgehead atoms. The number of halogens is 1. The molecule has 0 spiro atoms. The highest BCUT2D eigenvalue weighted by atomic mass is 19.1. The summed E-state index contributed by atoms with van der Waals surface area (Å²) in [4.78, 5) is 0. The lowest BCUT2D eigenvalue weighted by Crippen LogP contribution is -2.06. The Morgan fingerprint density at radius 2 is 1.92 bits per heavy atom. The highest BCUT2D eigenvalue weighted by molar-refractivity contribution is 5.82. The molecule has 1 aliphatic heterocycles. The minimum Gasteiger partial charge on any atom is -0.497 e. The molecular weight excluding hydrogens is 315 g/mol. The number of hydrogen-bond acceptors (Lipinski definition) is 2. The summed E-state index contributed by atoms with van der Waals surface area (Å²) in [6.45, 7) is 5.75. The van der Waals surface area contributed by atoms with Crippen molar-refractivity contribution in [3.63, 3.8) is 0 Å². The Hall–Kier alpha value is -2.13. The first-order chi connectivity index (χ1) is 12.1. The summed E-state index contributed by atoms with van der Waals surface area (Å²) in [5.74, 6) is 1.01. The third kappa shape index (κ3) is 4.10. The monoisotopic (exact) mass is 340 g/mol. The van der Waals surface area contributed by atoms with Crippen molar-refractivity contribution in [3.05, 3.63) is 59.4 Å². The minimum atomic E-state index is -0.230. The molecule has 0 atom stereocenters. The summed E-state index contributed by atoms with van der Waals surface area (Å²) < 4.78 is 25.3. The Balaban J connectivity index is 2.13. The van der Waals surface area contributed by atoms with Crippen LogP contribution in [0.25, 0.3) is 16.7 Å². The number of rotatable bonds is 5. The summed E-state index contributed by atoms with van der Waals surface area (Å²) in [7, 11) is 1.60. The third-order valence-corrected chi connectivity index (χ3v) is 4.50. The Kier molecular flexibility index (Phi) is 5.54. The van der Waals surface area contributed by atoms with Crippen LogP contribution in [0.5, 0.6) is 5.75 Å². The van der Waals surface area contributed by atoms with E-state index in [1.54, 1.807) is 19.2 Å². The van der Waals surface area contributed by atoms with Crippen molar-refractivity contribution in [1.82, 2.24) is 0 Å². The van der Waals surface area contributed by atoms with Gasteiger partial charge in [-0.05, 0) is 59.2 Å². The number of methoxy groups -OCH3 is 1. The van der Waals surface area contributed by atoms with Crippen molar-refractivity contribution in [2.45, 2.75) is 26.7 Å². The molecule has 132 valence electrons. The molecule has 0 saturated heterocycles. The summed E-state index contributed by atoms with van der Waals surface area (Å²) >= 11 is 0. The van der Waals surface area contributed by atoms with Crippen LogP contribution < -0.4 is 4.74 Å². The number of ether oxygens (including phenoxy) is 2. The molecule has 0 aliphatic carbocycles. The van der Waals surface area contributed by atoms with Crippen molar-refractivity contribution in [2.75, 3.05) is 20.3 Å². The predicted octanol–water partition coefficient (Wildman–Crippen LogP) is 5.50. The molecule has 1 heterocycles. The van der Waals surface area contributed by atoms with E-state index in [0.717, 1.165) is 24.0 Å². The maximum absolute atomic E-state index is 14.5. The normalized spacial score (nSPS) is 14.5. The van der Waals surface area contributed by atoms with Gasteiger partial charge in [0.15, 0.2) is 0 Å². The fourth-order valence-corrected chi connectivity index (χ4v) is 3.30. The van der Waals surface area contributed by atoms with Crippen LogP contribution in [-0.2, 0) is 11.2 Å². The van der Waals surface area contributed by atoms with E-state index >= 15 is 0 Å². The molecule has 2 aromatic rings. The molecule has 2 nitrogen and oxygen atoms in total. The van der Waals surface area contributed by atoms with E-state index in [1.165, 1.54) is 17.2 Å². The fraction of sp³-hybridized carbons (Fsp3) is 0.364. The van der Waals surface area contributed by atoms with E-state index in [1.807, 2.05) is 6.07 Å². The van der Waals surface area contributed by atoms with Gasteiger partial charge in [0.1, 0.15) is 11.6 Å². The second kappa shape index (κ2) is 7.83. The standard InChI is InChI=1S/C22H25FO2/c1-15(2)12-16-4-6-19(20(13-16)17-8-10-25-11-9-17)21-14-18(24-3)5-7-22(21)23/h4-8,13-15H,9-12H2,1-3H3. The molecule has 25 heavy (non-hydrogen) atoms. The lowest BCUT2D eigenvalue weighted by Gasteiger charge is -2.19. The smallest absolute Gasteiger partial charge is 0.131 e. The highest BCUT2D eigenvalue weighted by Gasteiger charge is 2.16. The van der Waals surface area contributed by atoms with Gasteiger partial charge in [-0.1, -0.05) is 38.1 Å². The summed E-state index contributed by atoms with van der Waals surface area (Å²) in [5.41, 5.74) is 5.11. The lowest BCUT2D eigenvalue weighted by atomic mass is 9.89. The Morgan fingerprint density at radius 3 is 2.60 bits per heavy atom. The largest absolute Gasteiger partial charge is 0.497 e. The number of benzene rings is 2. The van der Waals surface area contributed by atoms with Crippen molar-refractivity contribution < 1.29 is 13.9 Å². The molecule has 3 heteroatoms. The molecule has 0 fully saturated rings. The van der Waals surface area contributed by atoms with Crippen LogP contribution in [0, 0.1) is 11.7 Å². The highest BCUT2D eigenvalue weighted by Crippen LogP contribution is 2.36. The van der Waals surface area contributed by atoms with E-state index < -0.39 is 0 Å². The van der Waals surface area contributed by atoms with Gasteiger partial charge in [0.05, 0.1) is 20.3 Å². The van der Waals surface area contributed by atoms with Crippen LogP contribution in [0.2, 0.25) is 0 Å². The second-order valence-corrected chi connectivity index (χ2v) is 6.88. The molecule has 0 aromatic heterocycles. The van der Waals surface area contributed by atoms with Crippen LogP contribution in [-0.4, -0.2) is 20.3 Å². The average molecular weight is 340 g/mol. The fourth-order valence-electron chi connectivity index (χ4n) is 3.30.